The summed E-state index contributed by atoms with van der Waals surface area (Å²) in [5.74, 6) is 0. The number of unbranched alkanes of at least 4 members (excludes halogenated alkanes) is 11. The van der Waals surface area contributed by atoms with Gasteiger partial charge in [-0.1, -0.05) is 77.6 Å². The van der Waals surface area contributed by atoms with Gasteiger partial charge < -0.3 is 14.7 Å². The first-order valence-electron chi connectivity index (χ1n) is 7.75. The zero-order valence-electron chi connectivity index (χ0n) is 12.1. The van der Waals surface area contributed by atoms with Gasteiger partial charge in [0.2, 0.25) is 0 Å². The molecular formula is C14H32BNaO3. The molecule has 2 N–H and O–H groups in total. The second-order valence-corrected chi connectivity index (χ2v) is 5.09. The van der Waals surface area contributed by atoms with Crippen molar-refractivity contribution in [1.29, 1.82) is 0 Å². The molecule has 0 aromatic rings. The Hall–Kier alpha value is 0.945. The van der Waals surface area contributed by atoms with Gasteiger partial charge >= 0.3 is 36.9 Å². The van der Waals surface area contributed by atoms with Crippen LogP contribution in [0.3, 0.4) is 0 Å². The monoisotopic (exact) mass is 282 g/mol. The van der Waals surface area contributed by atoms with Crippen LogP contribution >= 0.6 is 0 Å². The maximum atomic E-state index is 8.46. The number of rotatable bonds is 14. The van der Waals surface area contributed by atoms with Crippen molar-refractivity contribution in [2.24, 2.45) is 0 Å². The van der Waals surface area contributed by atoms with E-state index in [-0.39, 0.29) is 29.6 Å². The molecule has 0 aromatic carbocycles. The molecule has 0 aromatic heterocycles. The summed E-state index contributed by atoms with van der Waals surface area (Å²) in [7, 11) is -1.60. The van der Waals surface area contributed by atoms with Gasteiger partial charge in [0.15, 0.2) is 0 Å². The Labute approximate surface area is 142 Å². The van der Waals surface area contributed by atoms with Gasteiger partial charge in [-0.05, 0) is 6.42 Å². The molecule has 0 aliphatic heterocycles. The molecule has 0 saturated heterocycles. The van der Waals surface area contributed by atoms with E-state index in [1.54, 1.807) is 0 Å². The molecule has 0 radical (unpaired) electrons. The SMILES string of the molecule is CCCCCCCCCCCCCCOB(O)O.[NaH]. The van der Waals surface area contributed by atoms with E-state index in [9.17, 15) is 0 Å². The third kappa shape index (κ3) is 21.4. The number of hydrogen-bond donors (Lipinski definition) is 2. The van der Waals surface area contributed by atoms with E-state index in [2.05, 4.69) is 11.6 Å². The van der Waals surface area contributed by atoms with Crippen LogP contribution in [0.2, 0.25) is 0 Å². The summed E-state index contributed by atoms with van der Waals surface area (Å²) in [5, 5.41) is 16.9. The molecule has 0 saturated carbocycles. The van der Waals surface area contributed by atoms with Gasteiger partial charge in [0.25, 0.3) is 0 Å². The summed E-state index contributed by atoms with van der Waals surface area (Å²) in [4.78, 5) is 0. The zero-order chi connectivity index (χ0) is 13.5. The van der Waals surface area contributed by atoms with E-state index in [4.69, 9.17) is 10.0 Å². The molecule has 0 atom stereocenters. The van der Waals surface area contributed by atoms with Crippen molar-refractivity contribution in [3.05, 3.63) is 0 Å². The Morgan fingerprint density at radius 3 is 1.42 bits per heavy atom. The third-order valence-corrected chi connectivity index (χ3v) is 3.26. The van der Waals surface area contributed by atoms with Crippen molar-refractivity contribution in [1.82, 2.24) is 0 Å². The molecule has 0 unspecified atom stereocenters. The summed E-state index contributed by atoms with van der Waals surface area (Å²) < 4.78 is 4.64. The van der Waals surface area contributed by atoms with Crippen LogP contribution in [0.25, 0.3) is 0 Å². The average Bonchev–Trinajstić information content (AvgIpc) is 2.34. The first-order valence-corrected chi connectivity index (χ1v) is 7.75. The summed E-state index contributed by atoms with van der Waals surface area (Å²) >= 11 is 0. The Morgan fingerprint density at radius 1 is 0.684 bits per heavy atom. The normalized spacial score (nSPS) is 10.3. The Morgan fingerprint density at radius 2 is 1.05 bits per heavy atom. The van der Waals surface area contributed by atoms with Crippen LogP contribution in [-0.2, 0) is 4.65 Å². The van der Waals surface area contributed by atoms with E-state index >= 15 is 0 Å². The minimum atomic E-state index is -1.60. The zero-order valence-corrected chi connectivity index (χ0v) is 12.1. The molecular weight excluding hydrogens is 250 g/mol. The predicted molar refractivity (Wildman–Crippen MR) is 84.4 cm³/mol. The molecule has 0 heterocycles. The van der Waals surface area contributed by atoms with Gasteiger partial charge in [-0.2, -0.15) is 0 Å². The van der Waals surface area contributed by atoms with Gasteiger partial charge in [0, 0.05) is 6.61 Å². The van der Waals surface area contributed by atoms with Gasteiger partial charge in [-0.25, -0.2) is 0 Å². The van der Waals surface area contributed by atoms with Crippen LogP contribution in [0.15, 0.2) is 0 Å². The van der Waals surface area contributed by atoms with Gasteiger partial charge in [0.1, 0.15) is 0 Å². The van der Waals surface area contributed by atoms with Crippen molar-refractivity contribution in [2.45, 2.75) is 84.0 Å². The van der Waals surface area contributed by atoms with E-state index in [1.807, 2.05) is 0 Å². The van der Waals surface area contributed by atoms with Gasteiger partial charge in [-0.3, -0.25) is 0 Å². The molecule has 0 fully saturated rings. The Balaban J connectivity index is 0. The second-order valence-electron chi connectivity index (χ2n) is 5.09. The number of hydrogen-bond acceptors (Lipinski definition) is 3. The second kappa shape index (κ2) is 18.9. The molecule has 0 spiro atoms. The van der Waals surface area contributed by atoms with E-state index in [0.29, 0.717) is 6.61 Å². The molecule has 3 nitrogen and oxygen atoms in total. The van der Waals surface area contributed by atoms with Crippen molar-refractivity contribution >= 4 is 36.9 Å². The predicted octanol–water partition coefficient (Wildman–Crippen LogP) is 3.03. The fourth-order valence-corrected chi connectivity index (χ4v) is 2.13. The molecule has 5 heteroatoms. The fraction of sp³-hybridized carbons (Fsp3) is 1.00. The molecule has 0 rings (SSSR count). The molecule has 0 aliphatic carbocycles. The van der Waals surface area contributed by atoms with Crippen LogP contribution in [0.5, 0.6) is 0 Å². The van der Waals surface area contributed by atoms with E-state index in [0.717, 1.165) is 12.8 Å². The Bertz CT molecular complexity index is 160. The molecule has 19 heavy (non-hydrogen) atoms. The standard InChI is InChI=1S/C14H31BO3.Na.H/c1-2-3-4-5-6-7-8-9-10-11-12-13-14-18-15(16)17;;/h16-17H,2-14H2,1H3;;. The van der Waals surface area contributed by atoms with E-state index < -0.39 is 7.32 Å². The summed E-state index contributed by atoms with van der Waals surface area (Å²) in [5.41, 5.74) is 0. The van der Waals surface area contributed by atoms with Gasteiger partial charge in [-0.15, -0.1) is 0 Å². The summed E-state index contributed by atoms with van der Waals surface area (Å²) in [6, 6.07) is 0. The van der Waals surface area contributed by atoms with E-state index in [1.165, 1.54) is 64.2 Å². The summed E-state index contributed by atoms with van der Waals surface area (Å²) in [6.45, 7) is 2.71. The first kappa shape index (κ1) is 22.2. The third-order valence-electron chi connectivity index (χ3n) is 3.26. The fourth-order valence-electron chi connectivity index (χ4n) is 2.13. The summed E-state index contributed by atoms with van der Waals surface area (Å²) in [6.07, 6.45) is 15.7. The topological polar surface area (TPSA) is 49.7 Å². The average molecular weight is 282 g/mol. The maximum absolute atomic E-state index is 8.46. The molecule has 110 valence electrons. The first-order chi connectivity index (χ1) is 8.77. The van der Waals surface area contributed by atoms with Gasteiger partial charge in [0.05, 0.1) is 0 Å². The van der Waals surface area contributed by atoms with Crippen molar-refractivity contribution in [3.63, 3.8) is 0 Å². The minimum absolute atomic E-state index is 0. The van der Waals surface area contributed by atoms with Crippen molar-refractivity contribution in [2.75, 3.05) is 6.61 Å². The molecule has 0 bridgehead atoms. The molecule has 0 amide bonds. The molecule has 0 aliphatic rings. The van der Waals surface area contributed by atoms with Crippen LogP contribution in [0, 0.1) is 0 Å². The van der Waals surface area contributed by atoms with Crippen LogP contribution in [0.1, 0.15) is 84.0 Å². The van der Waals surface area contributed by atoms with Crippen molar-refractivity contribution < 1.29 is 14.7 Å². The van der Waals surface area contributed by atoms with Crippen LogP contribution in [-0.4, -0.2) is 53.5 Å². The Kier molecular flexibility index (Phi) is 22.2. The van der Waals surface area contributed by atoms with Crippen LogP contribution in [0.4, 0.5) is 0 Å². The quantitative estimate of drug-likeness (QED) is 0.380. The van der Waals surface area contributed by atoms with Crippen LogP contribution < -0.4 is 0 Å². The van der Waals surface area contributed by atoms with Crippen molar-refractivity contribution in [3.8, 4) is 0 Å².